The van der Waals surface area contributed by atoms with E-state index in [1.807, 2.05) is 6.07 Å². The zero-order chi connectivity index (χ0) is 15.2. The zero-order valence-electron chi connectivity index (χ0n) is 13.6. The number of methoxy groups -OCH3 is 1. The highest BCUT2D eigenvalue weighted by Gasteiger charge is 2.31. The number of hydrogen-bond donors (Lipinski definition) is 1. The van der Waals surface area contributed by atoms with E-state index in [9.17, 15) is 0 Å². The van der Waals surface area contributed by atoms with Crippen molar-refractivity contribution in [3.05, 3.63) is 29.3 Å². The highest BCUT2D eigenvalue weighted by atomic mass is 16.5. The van der Waals surface area contributed by atoms with Gasteiger partial charge < -0.3 is 15.2 Å². The third-order valence-electron chi connectivity index (χ3n) is 4.62. The summed E-state index contributed by atoms with van der Waals surface area (Å²) in [5.41, 5.74) is 8.84. The summed E-state index contributed by atoms with van der Waals surface area (Å²) in [6, 6.07) is 6.15. The Bertz CT molecular complexity index is 447. The monoisotopic (exact) mass is 291 g/mol. The quantitative estimate of drug-likeness (QED) is 0.791. The number of benzene rings is 1. The fourth-order valence-corrected chi connectivity index (χ4v) is 3.06. The van der Waals surface area contributed by atoms with Crippen molar-refractivity contribution in [1.82, 2.24) is 0 Å². The molecule has 3 unspecified atom stereocenters. The Labute approximate surface area is 128 Å². The Balaban J connectivity index is 1.91. The molecule has 3 atom stereocenters. The van der Waals surface area contributed by atoms with Gasteiger partial charge in [-0.05, 0) is 35.6 Å². The third kappa shape index (κ3) is 3.98. The first kappa shape index (κ1) is 16.3. The summed E-state index contributed by atoms with van der Waals surface area (Å²) >= 11 is 0. The molecular formula is C18H29NO2. The van der Waals surface area contributed by atoms with Crippen LogP contribution in [0.25, 0.3) is 0 Å². The minimum Gasteiger partial charge on any atom is -0.497 e. The van der Waals surface area contributed by atoms with Gasteiger partial charge in [-0.2, -0.15) is 0 Å². The molecule has 1 aliphatic carbocycles. The zero-order valence-corrected chi connectivity index (χ0v) is 13.6. The molecule has 118 valence electrons. The van der Waals surface area contributed by atoms with E-state index in [0.717, 1.165) is 18.8 Å². The van der Waals surface area contributed by atoms with Gasteiger partial charge in [0.25, 0.3) is 0 Å². The van der Waals surface area contributed by atoms with Gasteiger partial charge >= 0.3 is 0 Å². The van der Waals surface area contributed by atoms with Crippen molar-refractivity contribution < 1.29 is 9.47 Å². The summed E-state index contributed by atoms with van der Waals surface area (Å²) in [5, 5.41) is 0. The first-order chi connectivity index (χ1) is 10.2. The molecule has 3 nitrogen and oxygen atoms in total. The van der Waals surface area contributed by atoms with Crippen LogP contribution < -0.4 is 10.5 Å². The van der Waals surface area contributed by atoms with Crippen LogP contribution in [0.4, 0.5) is 0 Å². The molecule has 1 aliphatic rings. The highest BCUT2D eigenvalue weighted by molar-refractivity contribution is 5.42. The number of ether oxygens (including phenoxy) is 2. The standard InChI is InChI=1S/C18H29NO2/c1-4-6-7-13(5-2)12-21-17-10-14-8-9-15(20-3)11-16(14)18(17)19/h8-9,11,13,17-18H,4-7,10,12,19H2,1-3H3. The molecule has 1 aromatic rings. The average Bonchev–Trinajstić information content (AvgIpc) is 2.83. The fraction of sp³-hybridized carbons (Fsp3) is 0.667. The van der Waals surface area contributed by atoms with Gasteiger partial charge in [0.15, 0.2) is 0 Å². The van der Waals surface area contributed by atoms with Crippen LogP contribution in [0.5, 0.6) is 5.75 Å². The van der Waals surface area contributed by atoms with Crippen LogP contribution in [0, 0.1) is 5.92 Å². The second-order valence-corrected chi connectivity index (χ2v) is 6.08. The summed E-state index contributed by atoms with van der Waals surface area (Å²) in [7, 11) is 1.69. The Morgan fingerprint density at radius 1 is 1.33 bits per heavy atom. The van der Waals surface area contributed by atoms with E-state index in [4.69, 9.17) is 15.2 Å². The van der Waals surface area contributed by atoms with Crippen molar-refractivity contribution in [2.24, 2.45) is 11.7 Å². The molecule has 0 heterocycles. The minimum atomic E-state index is -0.0289. The van der Waals surface area contributed by atoms with Crippen LogP contribution >= 0.6 is 0 Å². The lowest BCUT2D eigenvalue weighted by Gasteiger charge is -2.21. The molecule has 21 heavy (non-hydrogen) atoms. The van der Waals surface area contributed by atoms with Crippen molar-refractivity contribution in [2.45, 2.75) is 58.1 Å². The highest BCUT2D eigenvalue weighted by Crippen LogP contribution is 2.34. The van der Waals surface area contributed by atoms with Gasteiger partial charge in [0.1, 0.15) is 5.75 Å². The van der Waals surface area contributed by atoms with Crippen LogP contribution in [0.15, 0.2) is 18.2 Å². The fourth-order valence-electron chi connectivity index (χ4n) is 3.06. The van der Waals surface area contributed by atoms with Gasteiger partial charge in [0, 0.05) is 13.0 Å². The predicted molar refractivity (Wildman–Crippen MR) is 86.7 cm³/mol. The van der Waals surface area contributed by atoms with E-state index in [0.29, 0.717) is 5.92 Å². The van der Waals surface area contributed by atoms with E-state index >= 15 is 0 Å². The molecule has 0 aliphatic heterocycles. The molecule has 0 bridgehead atoms. The number of nitrogens with two attached hydrogens (primary N) is 1. The third-order valence-corrected chi connectivity index (χ3v) is 4.62. The maximum absolute atomic E-state index is 6.36. The summed E-state index contributed by atoms with van der Waals surface area (Å²) in [5.74, 6) is 1.54. The first-order valence-corrected chi connectivity index (χ1v) is 8.23. The van der Waals surface area contributed by atoms with Gasteiger partial charge in [-0.3, -0.25) is 0 Å². The maximum atomic E-state index is 6.36. The maximum Gasteiger partial charge on any atom is 0.119 e. The molecule has 0 fully saturated rings. The lowest BCUT2D eigenvalue weighted by atomic mass is 10.0. The molecule has 0 saturated heterocycles. The average molecular weight is 291 g/mol. The van der Waals surface area contributed by atoms with Crippen LogP contribution in [0.3, 0.4) is 0 Å². The molecule has 0 radical (unpaired) electrons. The Morgan fingerprint density at radius 3 is 2.81 bits per heavy atom. The number of fused-ring (bicyclic) bond motifs is 1. The first-order valence-electron chi connectivity index (χ1n) is 8.23. The molecule has 3 heteroatoms. The molecule has 2 N–H and O–H groups in total. The largest absolute Gasteiger partial charge is 0.497 e. The summed E-state index contributed by atoms with van der Waals surface area (Å²) < 4.78 is 11.4. The lowest BCUT2D eigenvalue weighted by Crippen LogP contribution is -2.27. The van der Waals surface area contributed by atoms with Crippen molar-refractivity contribution in [3.63, 3.8) is 0 Å². The van der Waals surface area contributed by atoms with E-state index in [-0.39, 0.29) is 12.1 Å². The summed E-state index contributed by atoms with van der Waals surface area (Å²) in [6.45, 7) is 5.32. The van der Waals surface area contributed by atoms with Crippen LogP contribution in [0.2, 0.25) is 0 Å². The number of hydrogen-bond acceptors (Lipinski definition) is 3. The van der Waals surface area contributed by atoms with Crippen LogP contribution in [-0.2, 0) is 11.2 Å². The van der Waals surface area contributed by atoms with Crippen LogP contribution in [0.1, 0.15) is 56.7 Å². The number of rotatable bonds is 8. The predicted octanol–water partition coefficient (Wildman–Crippen LogP) is 3.85. The summed E-state index contributed by atoms with van der Waals surface area (Å²) in [4.78, 5) is 0. The molecule has 0 amide bonds. The molecule has 0 aromatic heterocycles. The number of unbranched alkanes of at least 4 members (excludes halogenated alkanes) is 1. The second-order valence-electron chi connectivity index (χ2n) is 6.08. The van der Waals surface area contributed by atoms with E-state index in [2.05, 4.69) is 26.0 Å². The van der Waals surface area contributed by atoms with E-state index < -0.39 is 0 Å². The van der Waals surface area contributed by atoms with Crippen molar-refractivity contribution in [3.8, 4) is 5.75 Å². The van der Waals surface area contributed by atoms with Gasteiger partial charge in [0.2, 0.25) is 0 Å². The molecule has 0 saturated carbocycles. The lowest BCUT2D eigenvalue weighted by molar-refractivity contribution is 0.0178. The Morgan fingerprint density at radius 2 is 2.14 bits per heavy atom. The van der Waals surface area contributed by atoms with Gasteiger partial charge in [-0.15, -0.1) is 0 Å². The molecule has 0 spiro atoms. The topological polar surface area (TPSA) is 44.5 Å². The SMILES string of the molecule is CCCCC(CC)COC1Cc2ccc(OC)cc2C1N. The van der Waals surface area contributed by atoms with Gasteiger partial charge in [-0.25, -0.2) is 0 Å². The van der Waals surface area contributed by atoms with Crippen LogP contribution in [-0.4, -0.2) is 19.8 Å². The van der Waals surface area contributed by atoms with E-state index in [1.54, 1.807) is 7.11 Å². The smallest absolute Gasteiger partial charge is 0.119 e. The van der Waals surface area contributed by atoms with E-state index in [1.165, 1.54) is 36.8 Å². The molecule has 1 aromatic carbocycles. The van der Waals surface area contributed by atoms with Crippen molar-refractivity contribution >= 4 is 0 Å². The van der Waals surface area contributed by atoms with Crippen molar-refractivity contribution in [2.75, 3.05) is 13.7 Å². The van der Waals surface area contributed by atoms with Gasteiger partial charge in [-0.1, -0.05) is 39.2 Å². The second kappa shape index (κ2) is 7.81. The minimum absolute atomic E-state index is 0.0289. The Kier molecular flexibility index (Phi) is 6.07. The van der Waals surface area contributed by atoms with Crippen molar-refractivity contribution in [1.29, 1.82) is 0 Å². The van der Waals surface area contributed by atoms with Gasteiger partial charge in [0.05, 0.1) is 19.3 Å². The molecular weight excluding hydrogens is 262 g/mol. The summed E-state index contributed by atoms with van der Waals surface area (Å²) in [6.07, 6.45) is 6.02. The Hall–Kier alpha value is -1.06. The normalized spacial score (nSPS) is 22.1. The molecule has 2 rings (SSSR count).